The van der Waals surface area contributed by atoms with E-state index in [1.807, 2.05) is 12.1 Å². The minimum atomic E-state index is 0.408. The Morgan fingerprint density at radius 2 is 1.93 bits per heavy atom. The molecule has 5 heteroatoms. The van der Waals surface area contributed by atoms with Crippen LogP contribution >= 0.6 is 0 Å². The molecule has 0 saturated carbocycles. The van der Waals surface area contributed by atoms with Gasteiger partial charge >= 0.3 is 0 Å². The second-order valence-electron chi connectivity index (χ2n) is 7.59. The largest absolute Gasteiger partial charge is 0.460 e. The van der Waals surface area contributed by atoms with E-state index in [1.54, 1.807) is 12.4 Å². The summed E-state index contributed by atoms with van der Waals surface area (Å²) in [5.74, 6) is 2.36. The molecule has 2 aromatic heterocycles. The quantitative estimate of drug-likeness (QED) is 0.520. The van der Waals surface area contributed by atoms with Gasteiger partial charge in [-0.3, -0.25) is 4.98 Å². The van der Waals surface area contributed by atoms with Crippen molar-refractivity contribution < 1.29 is 9.62 Å². The highest BCUT2D eigenvalue weighted by Crippen LogP contribution is 2.40. The minimum Gasteiger partial charge on any atom is -0.460 e. The number of fused-ring (bicyclic) bond motifs is 1. The van der Waals surface area contributed by atoms with Crippen LogP contribution < -0.4 is 5.32 Å². The number of hydrogen-bond donors (Lipinski definition) is 2. The van der Waals surface area contributed by atoms with Gasteiger partial charge in [-0.1, -0.05) is 23.4 Å². The van der Waals surface area contributed by atoms with Crippen LogP contribution in [0.2, 0.25) is 0 Å². The van der Waals surface area contributed by atoms with Crippen molar-refractivity contribution in [3.8, 4) is 22.5 Å². The van der Waals surface area contributed by atoms with Crippen LogP contribution in [0.5, 0.6) is 0 Å². The molecule has 5 nitrogen and oxygen atoms in total. The van der Waals surface area contributed by atoms with E-state index in [-0.39, 0.29) is 0 Å². The zero-order chi connectivity index (χ0) is 18.9. The number of benzene rings is 1. The molecule has 5 rings (SSSR count). The van der Waals surface area contributed by atoms with Gasteiger partial charge in [-0.15, -0.1) is 0 Å². The number of rotatable bonds is 3. The van der Waals surface area contributed by atoms with Crippen molar-refractivity contribution in [3.05, 3.63) is 65.7 Å². The predicted octanol–water partition coefficient (Wildman–Crippen LogP) is 4.60. The lowest BCUT2D eigenvalue weighted by Crippen LogP contribution is -2.28. The Kier molecular flexibility index (Phi) is 4.45. The second-order valence-corrected chi connectivity index (χ2v) is 7.59. The van der Waals surface area contributed by atoms with E-state index in [0.717, 1.165) is 71.8 Å². The third-order valence-corrected chi connectivity index (χ3v) is 5.87. The molecular formula is C23H23N3O2. The molecule has 3 aromatic rings. The average Bonchev–Trinajstić information content (AvgIpc) is 3.39. The second kappa shape index (κ2) is 7.24. The lowest BCUT2D eigenvalue weighted by Gasteiger charge is -2.20. The smallest absolute Gasteiger partial charge is 0.142 e. The van der Waals surface area contributed by atoms with Gasteiger partial charge in [-0.2, -0.15) is 0 Å². The molecule has 2 N–H and O–H groups in total. The third-order valence-electron chi connectivity index (χ3n) is 5.87. The molecule has 0 radical (unpaired) electrons. The van der Waals surface area contributed by atoms with E-state index < -0.39 is 0 Å². The maximum absolute atomic E-state index is 9.20. The Hall–Kier alpha value is -2.92. The number of hydrogen-bond acceptors (Lipinski definition) is 5. The highest BCUT2D eigenvalue weighted by molar-refractivity contribution is 6.04. The standard InChI is InChI=1S/C23H23N3O2/c27-26-21-6-4-16-12-17(3-5-19(16)21)20-13-22(18-2-1-9-25-14-18)28-23(20)15-7-10-24-11-8-15/h3,5,7-8,10-13,18,25,27H,1-2,4,6,9,14H2. The normalized spacial score (nSPS) is 20.4. The Morgan fingerprint density at radius 3 is 2.71 bits per heavy atom. The summed E-state index contributed by atoms with van der Waals surface area (Å²) in [7, 11) is 0. The first-order chi connectivity index (χ1) is 13.8. The summed E-state index contributed by atoms with van der Waals surface area (Å²) in [6, 6.07) is 12.6. The number of nitrogens with one attached hydrogen (secondary N) is 1. The molecule has 1 unspecified atom stereocenters. The lowest BCUT2D eigenvalue weighted by atomic mass is 9.94. The average molecular weight is 373 g/mol. The molecule has 1 saturated heterocycles. The molecule has 0 spiro atoms. The fourth-order valence-electron chi connectivity index (χ4n) is 4.38. The van der Waals surface area contributed by atoms with E-state index in [9.17, 15) is 5.21 Å². The van der Waals surface area contributed by atoms with Gasteiger partial charge in [0.25, 0.3) is 0 Å². The lowest BCUT2D eigenvalue weighted by molar-refractivity contribution is 0.318. The zero-order valence-electron chi connectivity index (χ0n) is 15.7. The Morgan fingerprint density at radius 1 is 1.04 bits per heavy atom. The van der Waals surface area contributed by atoms with Crippen molar-refractivity contribution in [3.63, 3.8) is 0 Å². The van der Waals surface area contributed by atoms with Gasteiger partial charge in [0, 0.05) is 41.5 Å². The van der Waals surface area contributed by atoms with Crippen LogP contribution in [0, 0.1) is 0 Å². The van der Waals surface area contributed by atoms with Crippen molar-refractivity contribution in [2.45, 2.75) is 31.6 Å². The van der Waals surface area contributed by atoms with Crippen molar-refractivity contribution in [2.24, 2.45) is 5.16 Å². The third kappa shape index (κ3) is 3.02. The molecule has 142 valence electrons. The molecule has 1 aliphatic heterocycles. The number of aryl methyl sites for hydroxylation is 1. The minimum absolute atomic E-state index is 0.408. The molecule has 0 amide bonds. The van der Waals surface area contributed by atoms with Crippen molar-refractivity contribution in [1.82, 2.24) is 10.3 Å². The van der Waals surface area contributed by atoms with Gasteiger partial charge in [0.2, 0.25) is 0 Å². The number of aromatic nitrogens is 1. The Bertz CT molecular complexity index is 1020. The highest BCUT2D eigenvalue weighted by atomic mass is 16.4. The van der Waals surface area contributed by atoms with Crippen LogP contribution in [-0.4, -0.2) is 29.0 Å². The van der Waals surface area contributed by atoms with Gasteiger partial charge in [-0.05, 0) is 61.6 Å². The molecule has 1 fully saturated rings. The summed E-state index contributed by atoms with van der Waals surface area (Å²) in [6.45, 7) is 2.05. The molecule has 2 aliphatic rings. The summed E-state index contributed by atoms with van der Waals surface area (Å²) >= 11 is 0. The van der Waals surface area contributed by atoms with E-state index >= 15 is 0 Å². The fraction of sp³-hybridized carbons (Fsp3) is 0.304. The van der Waals surface area contributed by atoms with Gasteiger partial charge in [0.1, 0.15) is 11.5 Å². The Labute approximate surface area is 164 Å². The summed E-state index contributed by atoms with van der Waals surface area (Å²) in [4.78, 5) is 4.15. The van der Waals surface area contributed by atoms with E-state index in [4.69, 9.17) is 4.42 Å². The van der Waals surface area contributed by atoms with Crippen LogP contribution in [0.25, 0.3) is 22.5 Å². The fourth-order valence-corrected chi connectivity index (χ4v) is 4.38. The van der Waals surface area contributed by atoms with Crippen LogP contribution in [0.15, 0.2) is 58.4 Å². The summed E-state index contributed by atoms with van der Waals surface area (Å²) in [5.41, 5.74) is 6.35. The first-order valence-electron chi connectivity index (χ1n) is 9.93. The topological polar surface area (TPSA) is 70.7 Å². The molecule has 3 heterocycles. The number of pyridine rings is 1. The number of oxime groups is 1. The van der Waals surface area contributed by atoms with Crippen molar-refractivity contribution in [2.75, 3.05) is 13.1 Å². The summed E-state index contributed by atoms with van der Waals surface area (Å²) in [5, 5.41) is 16.1. The van der Waals surface area contributed by atoms with Crippen LogP contribution in [0.1, 0.15) is 42.1 Å². The first kappa shape index (κ1) is 17.2. The number of furan rings is 1. The van der Waals surface area contributed by atoms with Gasteiger partial charge in [-0.25, -0.2) is 0 Å². The molecule has 1 aromatic carbocycles. The van der Waals surface area contributed by atoms with Gasteiger partial charge in [0.05, 0.1) is 5.71 Å². The van der Waals surface area contributed by atoms with Crippen molar-refractivity contribution >= 4 is 5.71 Å². The van der Waals surface area contributed by atoms with E-state index in [2.05, 4.69) is 39.7 Å². The Balaban J connectivity index is 1.61. The van der Waals surface area contributed by atoms with Crippen LogP contribution in [0.3, 0.4) is 0 Å². The van der Waals surface area contributed by atoms with Crippen LogP contribution in [0.4, 0.5) is 0 Å². The monoisotopic (exact) mass is 373 g/mol. The van der Waals surface area contributed by atoms with E-state index in [1.165, 1.54) is 12.0 Å². The molecular weight excluding hydrogens is 350 g/mol. The van der Waals surface area contributed by atoms with Gasteiger partial charge in [0.15, 0.2) is 0 Å². The molecule has 28 heavy (non-hydrogen) atoms. The highest BCUT2D eigenvalue weighted by Gasteiger charge is 2.24. The molecule has 1 aliphatic carbocycles. The number of nitrogens with zero attached hydrogens (tertiary/aromatic N) is 2. The van der Waals surface area contributed by atoms with Crippen LogP contribution in [-0.2, 0) is 6.42 Å². The maximum Gasteiger partial charge on any atom is 0.142 e. The van der Waals surface area contributed by atoms with E-state index in [0.29, 0.717) is 5.92 Å². The summed E-state index contributed by atoms with van der Waals surface area (Å²) in [6.07, 6.45) is 7.62. The summed E-state index contributed by atoms with van der Waals surface area (Å²) < 4.78 is 6.42. The SMILES string of the molecule is ON=C1CCc2cc(-c3cc(C4CCCNC4)oc3-c3ccncc3)ccc21. The predicted molar refractivity (Wildman–Crippen MR) is 109 cm³/mol. The number of piperidine rings is 1. The van der Waals surface area contributed by atoms with Crippen molar-refractivity contribution in [1.29, 1.82) is 0 Å². The van der Waals surface area contributed by atoms with Gasteiger partial charge < -0.3 is 14.9 Å². The first-order valence-corrected chi connectivity index (χ1v) is 9.93. The zero-order valence-corrected chi connectivity index (χ0v) is 15.7. The molecule has 1 atom stereocenters. The maximum atomic E-state index is 9.20. The molecule has 0 bridgehead atoms.